The number of hydrogen-bond acceptors (Lipinski definition) is 4. The minimum atomic E-state index is -1.22. The number of aromatic nitrogens is 2. The van der Waals surface area contributed by atoms with Crippen LogP contribution in [-0.2, 0) is 16.5 Å². The molecule has 7 heteroatoms. The molecule has 1 aliphatic carbocycles. The zero-order valence-electron chi connectivity index (χ0n) is 12.8. The molecule has 0 bridgehead atoms. The lowest BCUT2D eigenvalue weighted by Gasteiger charge is -2.53. The van der Waals surface area contributed by atoms with E-state index in [2.05, 4.69) is 30.6 Å². The smallest absolute Gasteiger partial charge is 0.149 e. The van der Waals surface area contributed by atoms with E-state index in [-0.39, 0.29) is 16.8 Å². The Kier molecular flexibility index (Phi) is 4.60. The number of aliphatic hydroxyl groups excluding tert-OH is 1. The molecule has 0 spiro atoms. The van der Waals surface area contributed by atoms with Crippen LogP contribution in [0.2, 0.25) is 0 Å². The summed E-state index contributed by atoms with van der Waals surface area (Å²) < 4.78 is 16.1. The van der Waals surface area contributed by atoms with Crippen LogP contribution >= 0.6 is 15.9 Å². The van der Waals surface area contributed by atoms with Crippen LogP contribution in [0.1, 0.15) is 46.4 Å². The van der Waals surface area contributed by atoms with Crippen molar-refractivity contribution in [1.29, 1.82) is 0 Å². The van der Waals surface area contributed by atoms with E-state index in [1.807, 2.05) is 27.7 Å². The van der Waals surface area contributed by atoms with E-state index < -0.39 is 16.5 Å². The molecular weight excluding hydrogens is 354 g/mol. The van der Waals surface area contributed by atoms with Gasteiger partial charge in [0.25, 0.3) is 0 Å². The van der Waals surface area contributed by atoms with Gasteiger partial charge in [-0.25, -0.2) is 18.9 Å². The number of hydrogen-bond donors (Lipinski definition) is 2. The summed E-state index contributed by atoms with van der Waals surface area (Å²) in [6.07, 6.45) is 4.72. The molecule has 2 rings (SSSR count). The molecule has 0 saturated heterocycles. The van der Waals surface area contributed by atoms with E-state index in [4.69, 9.17) is 0 Å². The highest BCUT2D eigenvalue weighted by Crippen LogP contribution is 2.53. The summed E-state index contributed by atoms with van der Waals surface area (Å²) in [6, 6.07) is 0. The molecule has 21 heavy (non-hydrogen) atoms. The van der Waals surface area contributed by atoms with Crippen LogP contribution < -0.4 is 4.72 Å². The zero-order chi connectivity index (χ0) is 15.9. The van der Waals surface area contributed by atoms with E-state index >= 15 is 0 Å². The van der Waals surface area contributed by atoms with Gasteiger partial charge in [0.2, 0.25) is 0 Å². The zero-order valence-corrected chi connectivity index (χ0v) is 15.2. The standard InChI is InChI=1S/C14H22BrN3O2S/c1-12(2,3)21(20)18-14(7-13(4,8-14)9-19)11-16-5-10(15)6-17-11/h5-6,18-19H,7-9H2,1-4H3/t13?,14?,21-/m0/s1. The molecule has 1 saturated carbocycles. The van der Waals surface area contributed by atoms with Crippen molar-refractivity contribution < 1.29 is 9.32 Å². The first-order chi connectivity index (χ1) is 9.60. The molecule has 1 aliphatic rings. The van der Waals surface area contributed by atoms with E-state index in [0.717, 1.165) is 4.47 Å². The van der Waals surface area contributed by atoms with Crippen molar-refractivity contribution in [1.82, 2.24) is 14.7 Å². The molecule has 0 amide bonds. The summed E-state index contributed by atoms with van der Waals surface area (Å²) in [5.74, 6) is 0.634. The number of nitrogens with one attached hydrogen (secondary N) is 1. The first-order valence-corrected chi connectivity index (χ1v) is 8.83. The van der Waals surface area contributed by atoms with Crippen LogP contribution in [-0.4, -0.2) is 30.6 Å². The highest BCUT2D eigenvalue weighted by Gasteiger charge is 2.55. The van der Waals surface area contributed by atoms with Crippen LogP contribution in [0.3, 0.4) is 0 Å². The first-order valence-electron chi connectivity index (χ1n) is 6.89. The average Bonchev–Trinajstić information content (AvgIpc) is 2.36. The maximum atomic E-state index is 12.5. The second-order valence-electron chi connectivity index (χ2n) is 7.11. The Hall–Kier alpha value is -0.370. The SMILES string of the molecule is CC1(CO)CC(N[S@@](=O)C(C)(C)C)(c2ncc(Br)cn2)C1. The third-order valence-electron chi connectivity index (χ3n) is 3.73. The van der Waals surface area contributed by atoms with Crippen molar-refractivity contribution in [2.75, 3.05) is 6.61 Å². The van der Waals surface area contributed by atoms with Crippen molar-refractivity contribution in [3.63, 3.8) is 0 Å². The molecule has 1 aromatic heterocycles. The third kappa shape index (κ3) is 3.52. The van der Waals surface area contributed by atoms with E-state index in [9.17, 15) is 9.32 Å². The molecule has 1 atom stereocenters. The van der Waals surface area contributed by atoms with Gasteiger partial charge in [0.15, 0.2) is 0 Å². The summed E-state index contributed by atoms with van der Waals surface area (Å²) in [4.78, 5) is 8.74. The Balaban J connectivity index is 2.29. The topological polar surface area (TPSA) is 75.1 Å². The van der Waals surface area contributed by atoms with Gasteiger partial charge in [0.1, 0.15) is 5.82 Å². The molecule has 1 aromatic rings. The fourth-order valence-corrected chi connectivity index (χ4v) is 3.78. The first kappa shape index (κ1) is 17.0. The fourth-order valence-electron chi connectivity index (χ4n) is 2.68. The average molecular weight is 376 g/mol. The molecular formula is C14H22BrN3O2S. The lowest BCUT2D eigenvalue weighted by atomic mass is 9.58. The summed E-state index contributed by atoms with van der Waals surface area (Å²) in [7, 11) is -1.22. The summed E-state index contributed by atoms with van der Waals surface area (Å²) in [5, 5.41) is 9.51. The van der Waals surface area contributed by atoms with Crippen molar-refractivity contribution in [2.45, 2.75) is 50.8 Å². The van der Waals surface area contributed by atoms with Crippen molar-refractivity contribution in [3.05, 3.63) is 22.7 Å². The van der Waals surface area contributed by atoms with Crippen LogP contribution in [0.4, 0.5) is 0 Å². The largest absolute Gasteiger partial charge is 0.396 e. The number of halogens is 1. The van der Waals surface area contributed by atoms with Crippen molar-refractivity contribution in [2.24, 2.45) is 5.41 Å². The second kappa shape index (κ2) is 5.68. The quantitative estimate of drug-likeness (QED) is 0.846. The fraction of sp³-hybridized carbons (Fsp3) is 0.714. The van der Waals surface area contributed by atoms with Gasteiger partial charge in [-0.2, -0.15) is 0 Å². The molecule has 0 aliphatic heterocycles. The number of nitrogens with zero attached hydrogens (tertiary/aromatic N) is 2. The van der Waals surface area contributed by atoms with Gasteiger partial charge in [0.05, 0.1) is 25.7 Å². The highest BCUT2D eigenvalue weighted by molar-refractivity contribution is 9.10. The van der Waals surface area contributed by atoms with Crippen LogP contribution in [0.25, 0.3) is 0 Å². The van der Waals surface area contributed by atoms with Gasteiger partial charge < -0.3 is 5.11 Å². The summed E-state index contributed by atoms with van der Waals surface area (Å²) >= 11 is 3.33. The molecule has 2 N–H and O–H groups in total. The van der Waals surface area contributed by atoms with Gasteiger partial charge in [0, 0.05) is 19.0 Å². The van der Waals surface area contributed by atoms with E-state index in [1.54, 1.807) is 12.4 Å². The molecule has 5 nitrogen and oxygen atoms in total. The van der Waals surface area contributed by atoms with Gasteiger partial charge in [-0.05, 0) is 55.0 Å². The van der Waals surface area contributed by atoms with Crippen LogP contribution in [0.15, 0.2) is 16.9 Å². The predicted molar refractivity (Wildman–Crippen MR) is 86.9 cm³/mol. The predicted octanol–water partition coefficient (Wildman–Crippen LogP) is 2.28. The third-order valence-corrected chi connectivity index (χ3v) is 5.83. The van der Waals surface area contributed by atoms with Crippen molar-refractivity contribution >= 4 is 26.9 Å². The maximum absolute atomic E-state index is 12.5. The van der Waals surface area contributed by atoms with E-state index in [1.165, 1.54) is 0 Å². The molecule has 1 heterocycles. The molecule has 0 radical (unpaired) electrons. The van der Waals surface area contributed by atoms with Crippen LogP contribution in [0.5, 0.6) is 0 Å². The Morgan fingerprint density at radius 1 is 1.38 bits per heavy atom. The monoisotopic (exact) mass is 375 g/mol. The maximum Gasteiger partial charge on any atom is 0.149 e. The normalized spacial score (nSPS) is 30.8. The minimum Gasteiger partial charge on any atom is -0.396 e. The molecule has 118 valence electrons. The second-order valence-corrected chi connectivity index (χ2v) is 9.99. The summed E-state index contributed by atoms with van der Waals surface area (Å²) in [5.41, 5.74) is -0.707. The Bertz CT molecular complexity index is 536. The number of rotatable bonds is 4. The molecule has 1 fully saturated rings. The van der Waals surface area contributed by atoms with Gasteiger partial charge in [-0.15, -0.1) is 0 Å². The van der Waals surface area contributed by atoms with E-state index in [0.29, 0.717) is 18.7 Å². The lowest BCUT2D eigenvalue weighted by molar-refractivity contribution is -0.0234. The Morgan fingerprint density at radius 3 is 2.33 bits per heavy atom. The Labute approximate surface area is 136 Å². The van der Waals surface area contributed by atoms with Gasteiger partial charge in [-0.1, -0.05) is 6.92 Å². The number of aliphatic hydroxyl groups is 1. The van der Waals surface area contributed by atoms with Crippen molar-refractivity contribution in [3.8, 4) is 0 Å². The molecule has 0 unspecified atom stereocenters. The molecule has 0 aromatic carbocycles. The van der Waals surface area contributed by atoms with Gasteiger partial charge in [-0.3, -0.25) is 0 Å². The summed E-state index contributed by atoms with van der Waals surface area (Å²) in [6.45, 7) is 7.91. The van der Waals surface area contributed by atoms with Crippen LogP contribution in [0, 0.1) is 5.41 Å². The van der Waals surface area contributed by atoms with Gasteiger partial charge >= 0.3 is 0 Å². The lowest BCUT2D eigenvalue weighted by Crippen LogP contribution is -2.61. The minimum absolute atomic E-state index is 0.106. The Morgan fingerprint density at radius 2 is 1.90 bits per heavy atom. The highest BCUT2D eigenvalue weighted by atomic mass is 79.9.